The minimum atomic E-state index is -1.20. The number of rotatable bonds is 3. The van der Waals surface area contributed by atoms with Crippen LogP contribution in [0.2, 0.25) is 5.02 Å². The molecule has 0 aliphatic carbocycles. The molecule has 0 aromatic heterocycles. The van der Waals surface area contributed by atoms with Crippen LogP contribution in [-0.4, -0.2) is 28.3 Å². The van der Waals surface area contributed by atoms with Gasteiger partial charge in [0.1, 0.15) is 11.5 Å². The Hall–Kier alpha value is -1.88. The molecule has 4 nitrogen and oxygen atoms in total. The fraction of sp³-hybridized carbons (Fsp3) is 0.286. The Balaban J connectivity index is 2.47. The van der Waals surface area contributed by atoms with Gasteiger partial charge < -0.3 is 10.0 Å². The molecular formula is C14H13ClFNO3. The maximum atomic E-state index is 14.0. The standard InChI is InChI=1S/C14H13ClFNO3/c1-2-17-12(6-9(18)7-13(17)14(19)20)10-4-3-8(15)5-11(10)16/h3-5,7,12H,2,6H2,1H3,(H,19,20). The van der Waals surface area contributed by atoms with Crippen molar-refractivity contribution in [2.24, 2.45) is 0 Å². The minimum Gasteiger partial charge on any atom is -0.477 e. The molecule has 0 saturated carbocycles. The average Bonchev–Trinajstić information content (AvgIpc) is 2.37. The molecule has 0 radical (unpaired) electrons. The van der Waals surface area contributed by atoms with E-state index in [1.807, 2.05) is 0 Å². The van der Waals surface area contributed by atoms with E-state index in [9.17, 15) is 14.0 Å². The van der Waals surface area contributed by atoms with E-state index in [2.05, 4.69) is 0 Å². The van der Waals surface area contributed by atoms with Gasteiger partial charge in [0.2, 0.25) is 0 Å². The van der Waals surface area contributed by atoms with Gasteiger partial charge in [0.25, 0.3) is 0 Å². The molecule has 6 heteroatoms. The molecule has 0 amide bonds. The van der Waals surface area contributed by atoms with Crippen LogP contribution in [0.1, 0.15) is 24.9 Å². The molecule has 2 rings (SSSR count). The molecule has 0 saturated heterocycles. The van der Waals surface area contributed by atoms with Gasteiger partial charge in [-0.3, -0.25) is 4.79 Å². The molecule has 106 valence electrons. The zero-order chi connectivity index (χ0) is 14.9. The zero-order valence-corrected chi connectivity index (χ0v) is 11.5. The van der Waals surface area contributed by atoms with Gasteiger partial charge in [-0.15, -0.1) is 0 Å². The summed E-state index contributed by atoms with van der Waals surface area (Å²) in [6.07, 6.45) is 1.14. The highest BCUT2D eigenvalue weighted by Crippen LogP contribution is 2.34. The smallest absolute Gasteiger partial charge is 0.352 e. The van der Waals surface area contributed by atoms with Gasteiger partial charge in [0.05, 0.1) is 6.04 Å². The molecule has 1 N–H and O–H groups in total. The summed E-state index contributed by atoms with van der Waals surface area (Å²) < 4.78 is 14.0. The first-order valence-corrected chi connectivity index (χ1v) is 6.51. The number of carbonyl (C=O) groups excluding carboxylic acids is 1. The monoisotopic (exact) mass is 297 g/mol. The predicted octanol–water partition coefficient (Wildman–Crippen LogP) is 2.78. The second-order valence-corrected chi connectivity index (χ2v) is 4.91. The van der Waals surface area contributed by atoms with Crippen molar-refractivity contribution in [2.75, 3.05) is 6.54 Å². The van der Waals surface area contributed by atoms with Crippen molar-refractivity contribution in [3.63, 3.8) is 0 Å². The van der Waals surface area contributed by atoms with Crippen LogP contribution in [0.3, 0.4) is 0 Å². The Kier molecular flexibility index (Phi) is 4.09. The molecule has 1 aromatic rings. The Morgan fingerprint density at radius 1 is 1.55 bits per heavy atom. The summed E-state index contributed by atoms with van der Waals surface area (Å²) in [5.41, 5.74) is 0.166. The van der Waals surface area contributed by atoms with Gasteiger partial charge in [-0.25, -0.2) is 9.18 Å². The van der Waals surface area contributed by atoms with Crippen LogP contribution in [0.25, 0.3) is 0 Å². The molecule has 0 spiro atoms. The Morgan fingerprint density at radius 3 is 2.80 bits per heavy atom. The first-order chi connectivity index (χ1) is 9.43. The van der Waals surface area contributed by atoms with E-state index in [1.54, 1.807) is 6.92 Å². The van der Waals surface area contributed by atoms with Gasteiger partial charge in [0, 0.05) is 29.6 Å². The summed E-state index contributed by atoms with van der Waals surface area (Å²) in [7, 11) is 0. The van der Waals surface area contributed by atoms with Gasteiger partial charge in [-0.1, -0.05) is 17.7 Å². The second-order valence-electron chi connectivity index (χ2n) is 4.47. The number of nitrogens with zero attached hydrogens (tertiary/aromatic N) is 1. The van der Waals surface area contributed by atoms with Crippen LogP contribution in [0.15, 0.2) is 30.0 Å². The number of carboxylic acids is 1. The summed E-state index contributed by atoms with van der Waals surface area (Å²) in [5.74, 6) is -2.06. The largest absolute Gasteiger partial charge is 0.477 e. The van der Waals surface area contributed by atoms with E-state index < -0.39 is 17.8 Å². The number of hydrogen-bond acceptors (Lipinski definition) is 3. The van der Waals surface area contributed by atoms with Crippen LogP contribution in [0.4, 0.5) is 4.39 Å². The Morgan fingerprint density at radius 2 is 2.25 bits per heavy atom. The first-order valence-electron chi connectivity index (χ1n) is 6.13. The predicted molar refractivity (Wildman–Crippen MR) is 71.9 cm³/mol. The Bertz CT molecular complexity index is 600. The number of carboxylic acid groups (broad SMARTS) is 1. The summed E-state index contributed by atoms with van der Waals surface area (Å²) in [6, 6.07) is 3.55. The van der Waals surface area contributed by atoms with E-state index in [0.717, 1.165) is 12.1 Å². The van der Waals surface area contributed by atoms with Crippen molar-refractivity contribution < 1.29 is 19.1 Å². The van der Waals surface area contributed by atoms with E-state index in [-0.39, 0.29) is 28.5 Å². The topological polar surface area (TPSA) is 57.6 Å². The molecular weight excluding hydrogens is 285 g/mol. The number of hydrogen-bond donors (Lipinski definition) is 1. The van der Waals surface area contributed by atoms with Gasteiger partial charge in [0.15, 0.2) is 5.78 Å². The van der Waals surface area contributed by atoms with E-state index in [4.69, 9.17) is 16.7 Å². The van der Waals surface area contributed by atoms with Gasteiger partial charge >= 0.3 is 5.97 Å². The molecule has 1 aromatic carbocycles. The summed E-state index contributed by atoms with van der Waals surface area (Å²) in [5, 5.41) is 9.41. The lowest BCUT2D eigenvalue weighted by atomic mass is 9.94. The molecule has 20 heavy (non-hydrogen) atoms. The average molecular weight is 298 g/mol. The van der Waals surface area contributed by atoms with Crippen LogP contribution in [0.5, 0.6) is 0 Å². The van der Waals surface area contributed by atoms with Crippen LogP contribution < -0.4 is 0 Å². The normalized spacial score (nSPS) is 18.9. The fourth-order valence-electron chi connectivity index (χ4n) is 2.39. The molecule has 1 heterocycles. The highest BCUT2D eigenvalue weighted by atomic mass is 35.5. The van der Waals surface area contributed by atoms with Gasteiger partial charge in [-0.05, 0) is 19.1 Å². The van der Waals surface area contributed by atoms with E-state index >= 15 is 0 Å². The lowest BCUT2D eigenvalue weighted by Crippen LogP contribution is -2.37. The van der Waals surface area contributed by atoms with Crippen LogP contribution >= 0.6 is 11.6 Å². The number of allylic oxidation sites excluding steroid dienone is 1. The SMILES string of the molecule is CCN1C(C(=O)O)=CC(=O)CC1c1ccc(Cl)cc1F. The third-order valence-electron chi connectivity index (χ3n) is 3.26. The number of benzene rings is 1. The molecule has 1 aliphatic heterocycles. The molecule has 1 atom stereocenters. The maximum absolute atomic E-state index is 14.0. The van der Waals surface area contributed by atoms with Crippen LogP contribution in [0, 0.1) is 5.82 Å². The quantitative estimate of drug-likeness (QED) is 0.932. The van der Waals surface area contributed by atoms with E-state index in [1.165, 1.54) is 17.0 Å². The number of likely N-dealkylation sites (N-methyl/N-ethyl adjacent to an activating group) is 1. The Labute approximate surface area is 120 Å². The number of carbonyl (C=O) groups is 2. The highest BCUT2D eigenvalue weighted by Gasteiger charge is 2.33. The third kappa shape index (κ3) is 2.67. The molecule has 0 bridgehead atoms. The third-order valence-corrected chi connectivity index (χ3v) is 3.49. The first kappa shape index (κ1) is 14.5. The van der Waals surface area contributed by atoms with Crippen molar-refractivity contribution in [2.45, 2.75) is 19.4 Å². The van der Waals surface area contributed by atoms with Gasteiger partial charge in [-0.2, -0.15) is 0 Å². The molecule has 1 unspecified atom stereocenters. The van der Waals surface area contributed by atoms with Crippen molar-refractivity contribution >= 4 is 23.4 Å². The highest BCUT2D eigenvalue weighted by molar-refractivity contribution is 6.30. The fourth-order valence-corrected chi connectivity index (χ4v) is 2.55. The van der Waals surface area contributed by atoms with E-state index in [0.29, 0.717) is 6.54 Å². The van der Waals surface area contributed by atoms with Crippen molar-refractivity contribution in [1.29, 1.82) is 0 Å². The lowest BCUT2D eigenvalue weighted by molar-refractivity contribution is -0.136. The van der Waals surface area contributed by atoms with Crippen LogP contribution in [-0.2, 0) is 9.59 Å². The molecule has 1 aliphatic rings. The van der Waals surface area contributed by atoms with Crippen molar-refractivity contribution in [3.05, 3.63) is 46.4 Å². The van der Waals surface area contributed by atoms with Crippen molar-refractivity contribution in [1.82, 2.24) is 4.90 Å². The number of ketones is 1. The summed E-state index contributed by atoms with van der Waals surface area (Å²) >= 11 is 5.71. The minimum absolute atomic E-state index is 0.0448. The second kappa shape index (κ2) is 5.63. The number of aliphatic carboxylic acids is 1. The number of halogens is 2. The summed E-state index contributed by atoms with van der Waals surface area (Å²) in [4.78, 5) is 24.4. The van der Waals surface area contributed by atoms with Crippen molar-refractivity contribution in [3.8, 4) is 0 Å². The zero-order valence-electron chi connectivity index (χ0n) is 10.8. The maximum Gasteiger partial charge on any atom is 0.352 e. The molecule has 0 fully saturated rings. The lowest BCUT2D eigenvalue weighted by Gasteiger charge is -2.35. The summed E-state index contributed by atoms with van der Waals surface area (Å²) in [6.45, 7) is 2.12.